The molecule has 1 heterocycles. The highest BCUT2D eigenvalue weighted by Gasteiger charge is 2.11. The average molecular weight is 392 g/mol. The van der Waals surface area contributed by atoms with E-state index in [1.165, 1.54) is 6.08 Å². The number of carbonyl (C=O) groups is 2. The first kappa shape index (κ1) is 20.7. The maximum atomic E-state index is 12.6. The fourth-order valence-electron chi connectivity index (χ4n) is 3.08. The van der Waals surface area contributed by atoms with Gasteiger partial charge >= 0.3 is 0 Å². The summed E-state index contributed by atoms with van der Waals surface area (Å²) in [4.78, 5) is 26.0. The molecule has 6 heteroatoms. The fraction of sp³-hybridized carbons (Fsp3) is 0.217. The smallest absolute Gasteiger partial charge is 0.267 e. The minimum absolute atomic E-state index is 0.0607. The highest BCUT2D eigenvalue weighted by atomic mass is 16.5. The first-order valence-electron chi connectivity index (χ1n) is 9.48. The number of ketones is 1. The summed E-state index contributed by atoms with van der Waals surface area (Å²) < 4.78 is 5.37. The van der Waals surface area contributed by atoms with Crippen molar-refractivity contribution in [1.82, 2.24) is 10.4 Å². The van der Waals surface area contributed by atoms with E-state index in [0.29, 0.717) is 5.56 Å². The molecule has 0 radical (unpaired) electrons. The van der Waals surface area contributed by atoms with Crippen molar-refractivity contribution < 1.29 is 19.5 Å². The van der Waals surface area contributed by atoms with E-state index in [2.05, 4.69) is 4.90 Å². The summed E-state index contributed by atoms with van der Waals surface area (Å²) in [6.07, 6.45) is 6.12. The van der Waals surface area contributed by atoms with Crippen molar-refractivity contribution in [3.05, 3.63) is 82.9 Å². The van der Waals surface area contributed by atoms with Gasteiger partial charge in [-0.05, 0) is 41.0 Å². The molecule has 3 rings (SSSR count). The molecule has 1 fully saturated rings. The van der Waals surface area contributed by atoms with Gasteiger partial charge in [-0.2, -0.15) is 0 Å². The predicted octanol–water partition coefficient (Wildman–Crippen LogP) is 2.93. The molecule has 1 aliphatic heterocycles. The summed E-state index contributed by atoms with van der Waals surface area (Å²) in [5, 5.41) is 8.52. The minimum Gasteiger partial charge on any atom is -0.379 e. The lowest BCUT2D eigenvalue weighted by Crippen LogP contribution is -2.35. The Morgan fingerprint density at radius 1 is 1.00 bits per heavy atom. The van der Waals surface area contributed by atoms with E-state index in [4.69, 9.17) is 9.94 Å². The van der Waals surface area contributed by atoms with Crippen molar-refractivity contribution in [3.63, 3.8) is 0 Å². The number of amides is 1. The van der Waals surface area contributed by atoms with Gasteiger partial charge in [-0.1, -0.05) is 42.5 Å². The molecule has 2 N–H and O–H groups in total. The monoisotopic (exact) mass is 392 g/mol. The quantitative estimate of drug-likeness (QED) is 0.328. The largest absolute Gasteiger partial charge is 0.379 e. The number of hydrogen-bond acceptors (Lipinski definition) is 5. The highest BCUT2D eigenvalue weighted by molar-refractivity contribution is 6.06. The summed E-state index contributed by atoms with van der Waals surface area (Å²) in [5.74, 6) is -0.660. The van der Waals surface area contributed by atoms with Crippen LogP contribution in [-0.4, -0.2) is 48.1 Å². The Kier molecular flexibility index (Phi) is 7.47. The van der Waals surface area contributed by atoms with Crippen LogP contribution in [0.4, 0.5) is 0 Å². The Morgan fingerprint density at radius 3 is 2.41 bits per heavy atom. The minimum atomic E-state index is -0.599. The van der Waals surface area contributed by atoms with Crippen molar-refractivity contribution in [1.29, 1.82) is 0 Å². The summed E-state index contributed by atoms with van der Waals surface area (Å²) in [5.41, 5.74) is 4.94. The number of morpholine rings is 1. The van der Waals surface area contributed by atoms with Crippen molar-refractivity contribution >= 4 is 23.8 Å². The molecule has 0 spiro atoms. The molecule has 1 amide bonds. The van der Waals surface area contributed by atoms with Crippen LogP contribution in [-0.2, 0) is 16.1 Å². The lowest BCUT2D eigenvalue weighted by Gasteiger charge is -2.26. The zero-order valence-electron chi connectivity index (χ0n) is 16.1. The van der Waals surface area contributed by atoms with Crippen molar-refractivity contribution in [2.24, 2.45) is 0 Å². The van der Waals surface area contributed by atoms with Crippen molar-refractivity contribution in [3.8, 4) is 0 Å². The summed E-state index contributed by atoms with van der Waals surface area (Å²) >= 11 is 0. The summed E-state index contributed by atoms with van der Waals surface area (Å²) in [7, 11) is 0. The lowest BCUT2D eigenvalue weighted by molar-refractivity contribution is -0.124. The van der Waals surface area contributed by atoms with Crippen molar-refractivity contribution in [2.45, 2.75) is 6.54 Å². The molecule has 2 aromatic rings. The number of rotatable bonds is 7. The number of allylic oxidation sites excluding steroid dienone is 1. The molecule has 0 atom stereocenters. The molecule has 0 bridgehead atoms. The zero-order chi connectivity index (χ0) is 20.5. The van der Waals surface area contributed by atoms with Gasteiger partial charge in [0.05, 0.1) is 13.2 Å². The van der Waals surface area contributed by atoms with Gasteiger partial charge in [0, 0.05) is 31.3 Å². The van der Waals surface area contributed by atoms with Gasteiger partial charge in [0.25, 0.3) is 5.91 Å². The van der Waals surface area contributed by atoms with Gasteiger partial charge in [0.2, 0.25) is 0 Å². The van der Waals surface area contributed by atoms with Gasteiger partial charge in [0.1, 0.15) is 0 Å². The number of carbonyl (C=O) groups excluding carboxylic acids is 2. The van der Waals surface area contributed by atoms with Gasteiger partial charge in [-0.25, -0.2) is 5.48 Å². The molecule has 2 aromatic carbocycles. The van der Waals surface area contributed by atoms with E-state index < -0.39 is 5.91 Å². The third-order valence-electron chi connectivity index (χ3n) is 4.60. The van der Waals surface area contributed by atoms with Gasteiger partial charge in [-0.15, -0.1) is 0 Å². The van der Waals surface area contributed by atoms with Gasteiger partial charge in [0.15, 0.2) is 5.78 Å². The Morgan fingerprint density at radius 2 is 1.69 bits per heavy atom. The highest BCUT2D eigenvalue weighted by Crippen LogP contribution is 2.13. The lowest BCUT2D eigenvalue weighted by atomic mass is 10.0. The van der Waals surface area contributed by atoms with E-state index in [9.17, 15) is 9.59 Å². The van der Waals surface area contributed by atoms with Crippen LogP contribution in [0.5, 0.6) is 0 Å². The third-order valence-corrected chi connectivity index (χ3v) is 4.60. The molecule has 150 valence electrons. The summed E-state index contributed by atoms with van der Waals surface area (Å²) in [6.45, 7) is 4.12. The molecular weight excluding hydrogens is 368 g/mol. The molecule has 1 saturated heterocycles. The van der Waals surface area contributed by atoms with Gasteiger partial charge < -0.3 is 4.74 Å². The number of benzene rings is 2. The van der Waals surface area contributed by atoms with Crippen LogP contribution in [0.2, 0.25) is 0 Å². The van der Waals surface area contributed by atoms with E-state index in [1.807, 2.05) is 48.5 Å². The maximum Gasteiger partial charge on any atom is 0.267 e. The van der Waals surface area contributed by atoms with E-state index in [-0.39, 0.29) is 5.78 Å². The van der Waals surface area contributed by atoms with Crippen molar-refractivity contribution in [2.75, 3.05) is 26.3 Å². The predicted molar refractivity (Wildman–Crippen MR) is 111 cm³/mol. The second-order valence-electron chi connectivity index (χ2n) is 6.77. The van der Waals surface area contributed by atoms with E-state index in [1.54, 1.807) is 23.7 Å². The summed E-state index contributed by atoms with van der Waals surface area (Å²) in [6, 6.07) is 15.1. The van der Waals surface area contributed by atoms with Crippen LogP contribution in [0.25, 0.3) is 12.2 Å². The molecule has 0 unspecified atom stereocenters. The topological polar surface area (TPSA) is 78.9 Å². The van der Waals surface area contributed by atoms with Crippen LogP contribution in [0.15, 0.2) is 60.7 Å². The Labute approximate surface area is 170 Å². The standard InChI is InChI=1S/C23H24N2O4/c26-22(9-7-18-3-1-4-19(15-18)8-10-23(27)24-28)21-6-2-5-20(16-21)17-25-11-13-29-14-12-25/h1-10,15-16,28H,11-14,17H2,(H,24,27)/b9-7+,10-8+. The van der Waals surface area contributed by atoms with Crippen LogP contribution >= 0.6 is 0 Å². The van der Waals surface area contributed by atoms with Crippen LogP contribution in [0.3, 0.4) is 0 Å². The number of hydroxylamine groups is 1. The van der Waals surface area contributed by atoms with Crippen LogP contribution in [0, 0.1) is 0 Å². The maximum absolute atomic E-state index is 12.6. The molecule has 6 nitrogen and oxygen atoms in total. The first-order valence-corrected chi connectivity index (χ1v) is 9.48. The fourth-order valence-corrected chi connectivity index (χ4v) is 3.08. The average Bonchev–Trinajstić information content (AvgIpc) is 2.77. The normalized spacial score (nSPS) is 15.1. The second-order valence-corrected chi connectivity index (χ2v) is 6.77. The molecule has 0 aromatic heterocycles. The molecule has 0 saturated carbocycles. The van der Waals surface area contributed by atoms with Crippen LogP contribution in [0.1, 0.15) is 27.0 Å². The third kappa shape index (κ3) is 6.50. The molecular formula is C23H24N2O4. The van der Waals surface area contributed by atoms with Gasteiger partial charge in [-0.3, -0.25) is 19.7 Å². The number of hydrogen-bond donors (Lipinski definition) is 2. The second kappa shape index (κ2) is 10.5. The number of nitrogens with zero attached hydrogens (tertiary/aromatic N) is 1. The first-order chi connectivity index (χ1) is 14.1. The zero-order valence-corrected chi connectivity index (χ0v) is 16.1. The van der Waals surface area contributed by atoms with E-state index in [0.717, 1.165) is 49.5 Å². The Balaban J connectivity index is 1.65. The number of ether oxygens (including phenoxy) is 1. The Bertz CT molecular complexity index is 915. The number of nitrogens with one attached hydrogen (secondary N) is 1. The van der Waals surface area contributed by atoms with Crippen LogP contribution < -0.4 is 5.48 Å². The SMILES string of the molecule is O=C(/C=C/c1cccc(/C=C/C(=O)c2cccc(CN3CCOCC3)c2)c1)NO. The Hall–Kier alpha value is -3.06. The molecule has 0 aliphatic carbocycles. The molecule has 29 heavy (non-hydrogen) atoms. The van der Waals surface area contributed by atoms with E-state index >= 15 is 0 Å². The molecule has 1 aliphatic rings.